The summed E-state index contributed by atoms with van der Waals surface area (Å²) >= 11 is 0. The zero-order valence-electron chi connectivity index (χ0n) is 12.5. The van der Waals surface area contributed by atoms with Gasteiger partial charge in [-0.25, -0.2) is 8.42 Å². The van der Waals surface area contributed by atoms with Crippen LogP contribution in [0.1, 0.15) is 33.1 Å². The van der Waals surface area contributed by atoms with Crippen LogP contribution in [0.4, 0.5) is 0 Å². The number of terminal acetylenes is 1. The Bertz CT molecular complexity index is 515. The van der Waals surface area contributed by atoms with Crippen molar-refractivity contribution in [2.45, 2.75) is 39.2 Å². The van der Waals surface area contributed by atoms with Crippen LogP contribution in [0, 0.1) is 24.2 Å². The number of sulfone groups is 1. The van der Waals surface area contributed by atoms with E-state index < -0.39 is 9.84 Å². The molecule has 2 rings (SSSR count). The molecule has 0 aromatic rings. The predicted octanol–water partition coefficient (Wildman–Crippen LogP) is 2.10. The Hall–Kier alpha value is -0.790. The zero-order chi connectivity index (χ0) is 14.8. The minimum atomic E-state index is -2.85. The first kappa shape index (κ1) is 15.6. The van der Waals surface area contributed by atoms with Gasteiger partial charge in [-0.3, -0.25) is 4.90 Å². The third-order valence-electron chi connectivity index (χ3n) is 4.81. The third-order valence-corrected chi connectivity index (χ3v) is 6.56. The van der Waals surface area contributed by atoms with Crippen LogP contribution in [0.3, 0.4) is 0 Å². The van der Waals surface area contributed by atoms with Crippen molar-refractivity contribution in [3.8, 4) is 12.3 Å². The number of allylic oxidation sites excluding steroid dienone is 1. The van der Waals surface area contributed by atoms with E-state index in [4.69, 9.17) is 6.42 Å². The molecule has 112 valence electrons. The summed E-state index contributed by atoms with van der Waals surface area (Å²) in [5.74, 6) is 4.46. The van der Waals surface area contributed by atoms with E-state index in [1.807, 2.05) is 0 Å². The number of hydrogen-bond acceptors (Lipinski definition) is 3. The second-order valence-corrected chi connectivity index (χ2v) is 8.53. The van der Waals surface area contributed by atoms with Gasteiger partial charge in [-0.05, 0) is 38.0 Å². The lowest BCUT2D eigenvalue weighted by atomic mass is 9.79. The lowest BCUT2D eigenvalue weighted by Gasteiger charge is -2.35. The molecule has 3 atom stereocenters. The maximum Gasteiger partial charge on any atom is 0.151 e. The average molecular weight is 295 g/mol. The first-order valence-corrected chi connectivity index (χ1v) is 9.29. The molecule has 0 unspecified atom stereocenters. The normalized spacial score (nSPS) is 32.9. The van der Waals surface area contributed by atoms with Crippen LogP contribution in [0.25, 0.3) is 0 Å². The van der Waals surface area contributed by atoms with Crippen molar-refractivity contribution in [1.82, 2.24) is 4.90 Å². The summed E-state index contributed by atoms with van der Waals surface area (Å²) in [6, 6.07) is 0.109. The van der Waals surface area contributed by atoms with Crippen molar-refractivity contribution in [3.05, 3.63) is 11.6 Å². The molecular weight excluding hydrogens is 270 g/mol. The van der Waals surface area contributed by atoms with Gasteiger partial charge in [0, 0.05) is 12.6 Å². The second kappa shape index (κ2) is 6.32. The van der Waals surface area contributed by atoms with Gasteiger partial charge < -0.3 is 0 Å². The van der Waals surface area contributed by atoms with Crippen LogP contribution >= 0.6 is 0 Å². The van der Waals surface area contributed by atoms with Gasteiger partial charge in [-0.1, -0.05) is 24.5 Å². The lowest BCUT2D eigenvalue weighted by Crippen LogP contribution is -2.42. The van der Waals surface area contributed by atoms with E-state index in [-0.39, 0.29) is 11.8 Å². The fourth-order valence-corrected chi connectivity index (χ4v) is 5.24. The van der Waals surface area contributed by atoms with Crippen molar-refractivity contribution in [3.63, 3.8) is 0 Å². The molecule has 1 fully saturated rings. The van der Waals surface area contributed by atoms with E-state index in [2.05, 4.69) is 30.7 Å². The van der Waals surface area contributed by atoms with Crippen LogP contribution in [0.15, 0.2) is 11.6 Å². The molecular formula is C16H25NO2S. The quantitative estimate of drug-likeness (QED) is 0.589. The van der Waals surface area contributed by atoms with E-state index in [1.165, 1.54) is 12.0 Å². The van der Waals surface area contributed by atoms with Gasteiger partial charge in [0.2, 0.25) is 0 Å². The molecule has 0 saturated carbocycles. The molecule has 0 amide bonds. The monoisotopic (exact) mass is 295 g/mol. The van der Waals surface area contributed by atoms with Crippen LogP contribution < -0.4 is 0 Å². The van der Waals surface area contributed by atoms with Gasteiger partial charge in [-0.2, -0.15) is 0 Å². The van der Waals surface area contributed by atoms with E-state index in [1.54, 1.807) is 0 Å². The minimum Gasteiger partial charge on any atom is -0.288 e. The van der Waals surface area contributed by atoms with Crippen molar-refractivity contribution in [2.75, 3.05) is 24.6 Å². The Balaban J connectivity index is 2.08. The highest BCUT2D eigenvalue weighted by Gasteiger charge is 2.34. The average Bonchev–Trinajstić information content (AvgIpc) is 2.73. The number of nitrogens with zero attached hydrogens (tertiary/aromatic N) is 1. The molecule has 0 spiro atoms. The molecule has 0 aromatic heterocycles. The van der Waals surface area contributed by atoms with Crippen molar-refractivity contribution >= 4 is 9.84 Å². The number of rotatable bonds is 4. The van der Waals surface area contributed by atoms with E-state index >= 15 is 0 Å². The van der Waals surface area contributed by atoms with Gasteiger partial charge in [0.25, 0.3) is 0 Å². The smallest absolute Gasteiger partial charge is 0.151 e. The molecule has 1 aliphatic carbocycles. The fraction of sp³-hybridized carbons (Fsp3) is 0.750. The third kappa shape index (κ3) is 3.65. The molecule has 0 bridgehead atoms. The largest absolute Gasteiger partial charge is 0.288 e. The zero-order valence-corrected chi connectivity index (χ0v) is 13.3. The molecule has 1 saturated heterocycles. The van der Waals surface area contributed by atoms with Crippen LogP contribution in [-0.4, -0.2) is 44.0 Å². The van der Waals surface area contributed by atoms with Crippen molar-refractivity contribution in [1.29, 1.82) is 0 Å². The Morgan fingerprint density at radius 3 is 2.75 bits per heavy atom. The van der Waals surface area contributed by atoms with Crippen LogP contribution in [0.5, 0.6) is 0 Å². The highest BCUT2D eigenvalue weighted by atomic mass is 32.2. The van der Waals surface area contributed by atoms with Gasteiger partial charge in [0.1, 0.15) is 0 Å². The van der Waals surface area contributed by atoms with Crippen LogP contribution in [-0.2, 0) is 9.84 Å². The predicted molar refractivity (Wildman–Crippen MR) is 83.1 cm³/mol. The van der Waals surface area contributed by atoms with E-state index in [9.17, 15) is 8.42 Å². The Morgan fingerprint density at radius 1 is 1.45 bits per heavy atom. The highest BCUT2D eigenvalue weighted by Crippen LogP contribution is 2.32. The molecule has 0 N–H and O–H groups in total. The standard InChI is InChI=1S/C16H25NO2S/c1-4-9-17(15-8-10-20(18,19)12-15)11-16-13(2)6-5-7-14(16)3/h1,6,14-16H,5,7-12H2,2-3H3/t14-,15-,16-/m1/s1. The highest BCUT2D eigenvalue weighted by molar-refractivity contribution is 7.91. The lowest BCUT2D eigenvalue weighted by molar-refractivity contribution is 0.182. The summed E-state index contributed by atoms with van der Waals surface area (Å²) in [6.45, 7) is 5.94. The first-order chi connectivity index (χ1) is 9.43. The van der Waals surface area contributed by atoms with Gasteiger partial charge in [-0.15, -0.1) is 6.42 Å². The summed E-state index contributed by atoms with van der Waals surface area (Å²) in [5, 5.41) is 0. The fourth-order valence-electron chi connectivity index (χ4n) is 3.48. The second-order valence-electron chi connectivity index (χ2n) is 6.30. The van der Waals surface area contributed by atoms with Gasteiger partial charge >= 0.3 is 0 Å². The van der Waals surface area contributed by atoms with Crippen molar-refractivity contribution in [2.24, 2.45) is 11.8 Å². The maximum absolute atomic E-state index is 11.7. The van der Waals surface area contributed by atoms with Gasteiger partial charge in [0.15, 0.2) is 9.84 Å². The molecule has 1 heterocycles. The van der Waals surface area contributed by atoms with Crippen LogP contribution in [0.2, 0.25) is 0 Å². The Morgan fingerprint density at radius 2 is 2.20 bits per heavy atom. The Labute approximate surface area is 123 Å². The SMILES string of the molecule is C#CCN(C[C@@H]1C(C)=CCC[C@H]1C)[C@@H]1CCS(=O)(=O)C1. The number of hydrogen-bond donors (Lipinski definition) is 0. The molecule has 3 nitrogen and oxygen atoms in total. The van der Waals surface area contributed by atoms with E-state index in [0.717, 1.165) is 19.4 Å². The van der Waals surface area contributed by atoms with Crippen molar-refractivity contribution < 1.29 is 8.42 Å². The molecule has 0 radical (unpaired) electrons. The molecule has 2 aliphatic rings. The molecule has 20 heavy (non-hydrogen) atoms. The first-order valence-electron chi connectivity index (χ1n) is 7.47. The van der Waals surface area contributed by atoms with E-state index in [0.29, 0.717) is 24.1 Å². The van der Waals surface area contributed by atoms with Gasteiger partial charge in [0.05, 0.1) is 18.1 Å². The molecule has 1 aliphatic heterocycles. The summed E-state index contributed by atoms with van der Waals surface area (Å²) in [5.41, 5.74) is 1.44. The molecule has 4 heteroatoms. The summed E-state index contributed by atoms with van der Waals surface area (Å²) in [6.07, 6.45) is 10.9. The maximum atomic E-state index is 11.7. The topological polar surface area (TPSA) is 37.4 Å². The Kier molecular flexibility index (Phi) is 4.93. The summed E-state index contributed by atoms with van der Waals surface area (Å²) in [4.78, 5) is 2.22. The summed E-state index contributed by atoms with van der Waals surface area (Å²) < 4.78 is 23.4. The minimum absolute atomic E-state index is 0.109. The molecule has 0 aromatic carbocycles. The summed E-state index contributed by atoms with van der Waals surface area (Å²) in [7, 11) is -2.85.